The maximum absolute atomic E-state index is 12.7. The lowest BCUT2D eigenvalue weighted by molar-refractivity contribution is -0.255. The van der Waals surface area contributed by atoms with Crippen LogP contribution in [0.1, 0.15) is 113 Å². The number of hydrogen-bond donors (Lipinski definition) is 0. The Balaban J connectivity index is 1.52. The Hall–Kier alpha value is -1.65. The van der Waals surface area contributed by atoms with Crippen molar-refractivity contribution in [3.8, 4) is 0 Å². The van der Waals surface area contributed by atoms with Crippen molar-refractivity contribution in [3.63, 3.8) is 0 Å². The minimum atomic E-state index is -0.404. The van der Waals surface area contributed by atoms with Crippen LogP contribution in [0.5, 0.6) is 0 Å². The predicted molar refractivity (Wildman–Crippen MR) is 152 cm³/mol. The largest absolute Gasteiger partial charge is 0.465 e. The average Bonchev–Trinajstić information content (AvgIpc) is 3.25. The van der Waals surface area contributed by atoms with Crippen LogP contribution in [0.2, 0.25) is 0 Å². The number of esters is 2. The average molecular weight is 541 g/mol. The maximum Gasteiger partial charge on any atom is 0.302 e. The normalized spacial score (nSPS) is 50.4. The molecule has 5 aliphatic carbocycles. The summed E-state index contributed by atoms with van der Waals surface area (Å²) in [5.74, 6) is 1.76. The third-order valence-corrected chi connectivity index (χ3v) is 14.0. The van der Waals surface area contributed by atoms with Gasteiger partial charge in [0.15, 0.2) is 0 Å². The number of allylic oxidation sites excluding steroid dienone is 1. The molecule has 4 unspecified atom stereocenters. The van der Waals surface area contributed by atoms with Crippen LogP contribution in [-0.2, 0) is 23.9 Å². The molecular formula is C34H52O5. The van der Waals surface area contributed by atoms with E-state index in [9.17, 15) is 14.4 Å². The molecular weight excluding hydrogens is 488 g/mol. The molecule has 5 aliphatic rings. The Morgan fingerprint density at radius 3 is 2.15 bits per heavy atom. The molecule has 11 atom stereocenters. The maximum atomic E-state index is 12.7. The summed E-state index contributed by atoms with van der Waals surface area (Å²) in [4.78, 5) is 36.7. The van der Waals surface area contributed by atoms with Crippen LogP contribution in [0.15, 0.2) is 12.2 Å². The molecule has 0 aromatic heterocycles. The lowest BCUT2D eigenvalue weighted by Crippen LogP contribution is -2.67. The van der Waals surface area contributed by atoms with E-state index >= 15 is 0 Å². The predicted octanol–water partition coefficient (Wildman–Crippen LogP) is 7.32. The molecule has 0 bridgehead atoms. The van der Waals surface area contributed by atoms with Crippen LogP contribution in [-0.4, -0.2) is 30.9 Å². The van der Waals surface area contributed by atoms with Gasteiger partial charge in [0.1, 0.15) is 19.0 Å². The van der Waals surface area contributed by atoms with E-state index in [4.69, 9.17) is 9.47 Å². The van der Waals surface area contributed by atoms with Crippen molar-refractivity contribution in [1.29, 1.82) is 0 Å². The van der Waals surface area contributed by atoms with Gasteiger partial charge in [-0.05, 0) is 117 Å². The number of carbonyl (C=O) groups is 3. The van der Waals surface area contributed by atoms with E-state index in [0.29, 0.717) is 36.2 Å². The number of ether oxygens (including phenoxy) is 2. The molecule has 0 aromatic carbocycles. The molecule has 0 N–H and O–H groups in total. The zero-order valence-corrected chi connectivity index (χ0v) is 25.6. The van der Waals surface area contributed by atoms with Gasteiger partial charge < -0.3 is 14.3 Å². The molecule has 5 heteroatoms. The van der Waals surface area contributed by atoms with Crippen molar-refractivity contribution < 1.29 is 23.9 Å². The topological polar surface area (TPSA) is 69.7 Å². The summed E-state index contributed by atoms with van der Waals surface area (Å²) in [6.45, 7) is 19.7. The van der Waals surface area contributed by atoms with Crippen molar-refractivity contribution in [2.24, 2.45) is 56.7 Å². The monoisotopic (exact) mass is 540 g/mol. The highest BCUT2D eigenvalue weighted by molar-refractivity contribution is 5.67. The van der Waals surface area contributed by atoms with Crippen molar-refractivity contribution in [2.45, 2.75) is 119 Å². The van der Waals surface area contributed by atoms with E-state index in [-0.39, 0.29) is 39.7 Å². The third-order valence-electron chi connectivity index (χ3n) is 14.0. The van der Waals surface area contributed by atoms with E-state index in [1.54, 1.807) is 0 Å². The fraction of sp³-hybridized carbons (Fsp3) is 0.853. The molecule has 0 radical (unpaired) electrons. The van der Waals surface area contributed by atoms with Crippen LogP contribution in [0.25, 0.3) is 0 Å². The molecule has 218 valence electrons. The molecule has 5 rings (SSSR count). The second-order valence-electron chi connectivity index (χ2n) is 15.5. The quantitative estimate of drug-likeness (QED) is 0.208. The fourth-order valence-electron chi connectivity index (χ4n) is 12.0. The van der Waals surface area contributed by atoms with Gasteiger partial charge >= 0.3 is 11.9 Å². The van der Waals surface area contributed by atoms with Gasteiger partial charge in [-0.25, -0.2) is 0 Å². The Morgan fingerprint density at radius 1 is 0.821 bits per heavy atom. The van der Waals surface area contributed by atoms with E-state index in [0.717, 1.165) is 51.4 Å². The first-order valence-electron chi connectivity index (χ1n) is 15.6. The first-order chi connectivity index (χ1) is 18.2. The van der Waals surface area contributed by atoms with Crippen LogP contribution in [0, 0.1) is 56.7 Å². The van der Waals surface area contributed by atoms with Crippen LogP contribution >= 0.6 is 0 Å². The smallest absolute Gasteiger partial charge is 0.302 e. The molecule has 0 amide bonds. The second kappa shape index (κ2) is 9.44. The van der Waals surface area contributed by atoms with Gasteiger partial charge in [-0.15, -0.1) is 0 Å². The Kier molecular flexibility index (Phi) is 6.99. The van der Waals surface area contributed by atoms with Gasteiger partial charge in [-0.2, -0.15) is 0 Å². The van der Waals surface area contributed by atoms with Gasteiger partial charge in [0.2, 0.25) is 0 Å². The number of aldehydes is 1. The van der Waals surface area contributed by atoms with E-state index in [1.165, 1.54) is 38.5 Å². The first-order valence-corrected chi connectivity index (χ1v) is 15.6. The summed E-state index contributed by atoms with van der Waals surface area (Å²) in [5, 5.41) is 0. The second-order valence-corrected chi connectivity index (χ2v) is 15.5. The SMILES string of the molecule is C=C(C)[C@@H]1CC[C@]2(C=O)CC[C@]3(C)C(CCC4[C@@]5(C)CC[C@H](OC(C)=O)[C@@](C)(COC(C)=O)C5CC[C@]43C)C12. The van der Waals surface area contributed by atoms with E-state index < -0.39 is 5.41 Å². The van der Waals surface area contributed by atoms with Crippen molar-refractivity contribution in [3.05, 3.63) is 12.2 Å². The minimum absolute atomic E-state index is 0.0785. The molecule has 0 spiro atoms. The highest BCUT2D eigenvalue weighted by atomic mass is 16.6. The van der Waals surface area contributed by atoms with Gasteiger partial charge in [0, 0.05) is 24.7 Å². The van der Waals surface area contributed by atoms with Crippen molar-refractivity contribution >= 4 is 18.2 Å². The summed E-state index contributed by atoms with van der Waals surface area (Å²) >= 11 is 0. The standard InChI is InChI=1S/C34H52O5/c1-21(2)24-11-16-34(19-35)18-17-32(7)25(29(24)34)9-10-27-30(5)14-13-28(39-23(4)37)31(6,20-38-22(3)36)26(30)12-15-33(27,32)8/h19,24-29H,1,9-18,20H2,2-8H3/t24-,25?,26?,27?,28-,29?,30-,31-,32+,33+,34+/m0/s1. The van der Waals surface area contributed by atoms with Gasteiger partial charge in [-0.3, -0.25) is 9.59 Å². The lowest BCUT2D eigenvalue weighted by atomic mass is 9.32. The number of hydrogen-bond acceptors (Lipinski definition) is 5. The Morgan fingerprint density at radius 2 is 1.54 bits per heavy atom. The highest BCUT2D eigenvalue weighted by Gasteiger charge is 2.71. The minimum Gasteiger partial charge on any atom is -0.465 e. The summed E-state index contributed by atoms with van der Waals surface area (Å²) in [6.07, 6.45) is 11.8. The summed E-state index contributed by atoms with van der Waals surface area (Å²) in [6, 6.07) is 0. The number of rotatable bonds is 5. The Labute approximate surface area is 236 Å². The van der Waals surface area contributed by atoms with Gasteiger partial charge in [0.25, 0.3) is 0 Å². The molecule has 0 saturated heterocycles. The molecule has 5 fully saturated rings. The van der Waals surface area contributed by atoms with Gasteiger partial charge in [-0.1, -0.05) is 39.8 Å². The van der Waals surface area contributed by atoms with Crippen LogP contribution < -0.4 is 0 Å². The third kappa shape index (κ3) is 3.94. The molecule has 0 aliphatic heterocycles. The van der Waals surface area contributed by atoms with E-state index in [1.807, 2.05) is 0 Å². The molecule has 0 heterocycles. The van der Waals surface area contributed by atoms with Crippen LogP contribution in [0.3, 0.4) is 0 Å². The zero-order chi connectivity index (χ0) is 28.6. The molecule has 0 aromatic rings. The van der Waals surface area contributed by atoms with E-state index in [2.05, 4.69) is 41.2 Å². The lowest BCUT2D eigenvalue weighted by Gasteiger charge is -2.72. The zero-order valence-electron chi connectivity index (χ0n) is 25.6. The fourth-order valence-corrected chi connectivity index (χ4v) is 12.0. The molecule has 5 saturated carbocycles. The summed E-state index contributed by atoms with van der Waals surface area (Å²) in [7, 11) is 0. The number of carbonyl (C=O) groups excluding carboxylic acids is 3. The van der Waals surface area contributed by atoms with Gasteiger partial charge in [0.05, 0.1) is 0 Å². The number of fused-ring (bicyclic) bond motifs is 7. The Bertz CT molecular complexity index is 1050. The summed E-state index contributed by atoms with van der Waals surface area (Å²) in [5.41, 5.74) is 1.13. The first kappa shape index (κ1) is 28.9. The van der Waals surface area contributed by atoms with Crippen molar-refractivity contribution in [2.75, 3.05) is 6.61 Å². The molecule has 39 heavy (non-hydrogen) atoms. The highest BCUT2D eigenvalue weighted by Crippen LogP contribution is 2.77. The van der Waals surface area contributed by atoms with Crippen LogP contribution in [0.4, 0.5) is 0 Å². The summed E-state index contributed by atoms with van der Waals surface area (Å²) < 4.78 is 11.6. The van der Waals surface area contributed by atoms with Crippen molar-refractivity contribution in [1.82, 2.24) is 0 Å². The molecule has 5 nitrogen and oxygen atoms in total.